The molecule has 3 N–H and O–H groups in total. The standard InChI is InChI=1S/C41H33Cl2N5O4S/c1-26-36(41(52)48(47(26)2)31-18-10-5-11-19-31)46-40(51)37(27-13-6-3-7-14-27)53-32-23-21-30(22-24-32)44-39(50)34(25-29-17-12-20-33(42)35(29)43)45-38(49)28-15-8-4-9-16-28/h3-25,37H,1-2H3,(H,44,50)(H,45,49)(H,46,51)/b34-25-. The number of amides is 3. The van der Waals surface area contributed by atoms with Crippen molar-refractivity contribution in [1.29, 1.82) is 0 Å². The third kappa shape index (κ3) is 8.64. The lowest BCUT2D eigenvalue weighted by molar-refractivity contribution is -0.116. The second kappa shape index (κ2) is 16.7. The van der Waals surface area contributed by atoms with Gasteiger partial charge in [0.25, 0.3) is 17.4 Å². The van der Waals surface area contributed by atoms with Gasteiger partial charge in [-0.2, -0.15) is 0 Å². The summed E-state index contributed by atoms with van der Waals surface area (Å²) in [5.74, 6) is -1.44. The van der Waals surface area contributed by atoms with Crippen LogP contribution >= 0.6 is 35.0 Å². The van der Waals surface area contributed by atoms with Crippen molar-refractivity contribution < 1.29 is 14.4 Å². The summed E-state index contributed by atoms with van der Waals surface area (Å²) < 4.78 is 3.22. The van der Waals surface area contributed by atoms with Crippen LogP contribution in [0.15, 0.2) is 149 Å². The lowest BCUT2D eigenvalue weighted by Gasteiger charge is -2.17. The summed E-state index contributed by atoms with van der Waals surface area (Å²) in [6, 6.07) is 39.0. The molecule has 1 unspecified atom stereocenters. The van der Waals surface area contributed by atoms with Gasteiger partial charge in [0, 0.05) is 23.2 Å². The van der Waals surface area contributed by atoms with Crippen LogP contribution in [0.3, 0.4) is 0 Å². The van der Waals surface area contributed by atoms with Crippen molar-refractivity contribution in [2.45, 2.75) is 17.1 Å². The number of rotatable bonds is 11. The zero-order valence-corrected chi connectivity index (χ0v) is 30.9. The molecule has 1 heterocycles. The zero-order valence-electron chi connectivity index (χ0n) is 28.5. The van der Waals surface area contributed by atoms with E-state index >= 15 is 0 Å². The molecule has 0 radical (unpaired) electrons. The number of carbonyl (C=O) groups excluding carboxylic acids is 3. The number of anilines is 2. The highest BCUT2D eigenvalue weighted by Gasteiger charge is 2.26. The summed E-state index contributed by atoms with van der Waals surface area (Å²) in [5, 5.41) is 8.24. The molecule has 0 fully saturated rings. The third-order valence-corrected chi connectivity index (χ3v) is 10.4. The predicted molar refractivity (Wildman–Crippen MR) is 213 cm³/mol. The summed E-state index contributed by atoms with van der Waals surface area (Å²) in [6.07, 6.45) is 1.46. The third-order valence-electron chi connectivity index (χ3n) is 8.32. The molecule has 9 nitrogen and oxygen atoms in total. The molecule has 0 spiro atoms. The first-order valence-corrected chi connectivity index (χ1v) is 18.0. The van der Waals surface area contributed by atoms with Crippen molar-refractivity contribution in [2.75, 3.05) is 10.6 Å². The number of halogens is 2. The number of hydrogen-bond donors (Lipinski definition) is 3. The van der Waals surface area contributed by atoms with Crippen molar-refractivity contribution >= 4 is 70.1 Å². The van der Waals surface area contributed by atoms with Gasteiger partial charge >= 0.3 is 0 Å². The second-order valence-corrected chi connectivity index (χ2v) is 13.8. The number of para-hydroxylation sites is 1. The fourth-order valence-corrected chi connectivity index (χ4v) is 6.87. The molecular weight excluding hydrogens is 729 g/mol. The number of aromatic nitrogens is 2. The van der Waals surface area contributed by atoms with E-state index in [1.807, 2.05) is 60.7 Å². The van der Waals surface area contributed by atoms with Crippen molar-refractivity contribution in [1.82, 2.24) is 14.7 Å². The summed E-state index contributed by atoms with van der Waals surface area (Å²) in [5.41, 5.74) is 3.09. The van der Waals surface area contributed by atoms with Crippen LogP contribution in [-0.4, -0.2) is 27.1 Å². The minimum Gasteiger partial charge on any atom is -0.321 e. The maximum Gasteiger partial charge on any atom is 0.295 e. The molecule has 0 aliphatic rings. The fourth-order valence-electron chi connectivity index (χ4n) is 5.48. The van der Waals surface area contributed by atoms with Gasteiger partial charge in [-0.25, -0.2) is 4.68 Å². The van der Waals surface area contributed by atoms with Crippen LogP contribution in [-0.2, 0) is 16.6 Å². The first-order valence-electron chi connectivity index (χ1n) is 16.4. The summed E-state index contributed by atoms with van der Waals surface area (Å²) in [4.78, 5) is 54.9. The molecule has 5 aromatic carbocycles. The average molecular weight is 763 g/mol. The highest BCUT2D eigenvalue weighted by atomic mass is 35.5. The van der Waals surface area contributed by atoms with E-state index in [9.17, 15) is 19.2 Å². The molecule has 0 saturated carbocycles. The number of hydrogen-bond acceptors (Lipinski definition) is 5. The monoisotopic (exact) mass is 761 g/mol. The predicted octanol–water partition coefficient (Wildman–Crippen LogP) is 8.67. The largest absolute Gasteiger partial charge is 0.321 e. The fraction of sp³-hybridized carbons (Fsp3) is 0.0732. The molecule has 12 heteroatoms. The molecule has 6 aromatic rings. The Morgan fingerprint density at radius 1 is 0.755 bits per heavy atom. The molecule has 0 aliphatic heterocycles. The van der Waals surface area contributed by atoms with Gasteiger partial charge in [0.05, 0.1) is 21.4 Å². The molecular formula is C41H33Cl2N5O4S. The van der Waals surface area contributed by atoms with Crippen LogP contribution in [0.1, 0.15) is 32.4 Å². The normalized spacial score (nSPS) is 11.8. The quantitative estimate of drug-likeness (QED) is 0.0904. The summed E-state index contributed by atoms with van der Waals surface area (Å²) in [7, 11) is 1.77. The van der Waals surface area contributed by atoms with E-state index in [1.54, 1.807) is 91.4 Å². The molecule has 3 amide bonds. The van der Waals surface area contributed by atoms with Crippen molar-refractivity contribution in [3.63, 3.8) is 0 Å². The molecule has 0 aliphatic carbocycles. The minimum atomic E-state index is -0.717. The van der Waals surface area contributed by atoms with Crippen LogP contribution in [0, 0.1) is 6.92 Å². The maximum absolute atomic E-state index is 13.9. The van der Waals surface area contributed by atoms with Crippen LogP contribution in [0.5, 0.6) is 0 Å². The van der Waals surface area contributed by atoms with Gasteiger partial charge in [-0.1, -0.05) is 102 Å². The molecule has 6 rings (SSSR count). The molecule has 1 atom stereocenters. The maximum atomic E-state index is 13.9. The number of nitrogens with zero attached hydrogens (tertiary/aromatic N) is 2. The van der Waals surface area contributed by atoms with Crippen LogP contribution in [0.4, 0.5) is 11.4 Å². The van der Waals surface area contributed by atoms with Crippen molar-refractivity contribution in [3.8, 4) is 5.69 Å². The minimum absolute atomic E-state index is 0.0511. The van der Waals surface area contributed by atoms with E-state index < -0.39 is 17.1 Å². The van der Waals surface area contributed by atoms with E-state index in [0.29, 0.717) is 33.2 Å². The SMILES string of the molecule is Cc1c(NC(=O)C(Sc2ccc(NC(=O)/C(=C/c3cccc(Cl)c3Cl)NC(=O)c3ccccc3)cc2)c2ccccc2)c(=O)n(-c2ccccc2)n1C. The molecule has 53 heavy (non-hydrogen) atoms. The topological polar surface area (TPSA) is 114 Å². The van der Waals surface area contributed by atoms with Gasteiger partial charge in [0.1, 0.15) is 16.6 Å². The number of thioether (sulfide) groups is 1. The Bertz CT molecular complexity index is 2360. The van der Waals surface area contributed by atoms with E-state index in [1.165, 1.54) is 22.5 Å². The highest BCUT2D eigenvalue weighted by molar-refractivity contribution is 8.00. The number of nitrogens with one attached hydrogen (secondary N) is 3. The molecule has 0 saturated heterocycles. The van der Waals surface area contributed by atoms with Gasteiger partial charge in [-0.05, 0) is 78.7 Å². The first kappa shape index (κ1) is 37.0. The number of benzene rings is 5. The lowest BCUT2D eigenvalue weighted by atomic mass is 10.1. The molecule has 1 aromatic heterocycles. The zero-order chi connectivity index (χ0) is 37.5. The lowest BCUT2D eigenvalue weighted by Crippen LogP contribution is -2.30. The van der Waals surface area contributed by atoms with E-state index in [2.05, 4.69) is 16.0 Å². The van der Waals surface area contributed by atoms with E-state index in [-0.39, 0.29) is 27.9 Å². The van der Waals surface area contributed by atoms with Crippen LogP contribution < -0.4 is 21.5 Å². The van der Waals surface area contributed by atoms with E-state index in [0.717, 1.165) is 10.5 Å². The molecule has 0 bridgehead atoms. The number of carbonyl (C=O) groups is 3. The van der Waals surface area contributed by atoms with Gasteiger partial charge in [0.15, 0.2) is 0 Å². The van der Waals surface area contributed by atoms with Crippen LogP contribution in [0.25, 0.3) is 11.8 Å². The van der Waals surface area contributed by atoms with Gasteiger partial charge < -0.3 is 16.0 Å². The first-order chi connectivity index (χ1) is 25.6. The Balaban J connectivity index is 1.22. The van der Waals surface area contributed by atoms with E-state index in [4.69, 9.17) is 23.2 Å². The highest BCUT2D eigenvalue weighted by Crippen LogP contribution is 2.37. The van der Waals surface area contributed by atoms with Gasteiger partial charge in [-0.3, -0.25) is 23.9 Å². The Hall–Kier alpha value is -5.81. The Morgan fingerprint density at radius 3 is 2.04 bits per heavy atom. The van der Waals surface area contributed by atoms with Crippen molar-refractivity contribution in [3.05, 3.63) is 182 Å². The average Bonchev–Trinajstić information content (AvgIpc) is 3.39. The summed E-state index contributed by atoms with van der Waals surface area (Å²) in [6.45, 7) is 1.78. The summed E-state index contributed by atoms with van der Waals surface area (Å²) >= 11 is 13.9. The van der Waals surface area contributed by atoms with Gasteiger partial charge in [-0.15, -0.1) is 11.8 Å². The smallest absolute Gasteiger partial charge is 0.295 e. The van der Waals surface area contributed by atoms with Crippen molar-refractivity contribution in [2.24, 2.45) is 7.05 Å². The Labute approximate surface area is 320 Å². The Kier molecular flexibility index (Phi) is 11.6. The van der Waals surface area contributed by atoms with Gasteiger partial charge in [0.2, 0.25) is 5.91 Å². The van der Waals surface area contributed by atoms with Crippen LogP contribution in [0.2, 0.25) is 10.0 Å². The molecule has 266 valence electrons. The second-order valence-electron chi connectivity index (χ2n) is 11.8. The Morgan fingerprint density at radius 2 is 1.38 bits per heavy atom.